The SMILES string of the molecule is CCN(CC)c1ccc(/C=C(/NC(=O)c2ccccc2)C(=O)N/N=C\c2ccc(C(=O)O)cc2)cc1. The van der Waals surface area contributed by atoms with Crippen molar-refractivity contribution in [3.8, 4) is 0 Å². The standard InChI is InChI=1S/C28H28N4O4/c1-3-32(4-2)24-16-12-20(13-17-24)18-25(30-26(33)22-8-6-5-7-9-22)27(34)31-29-19-21-10-14-23(15-11-21)28(35)36/h5-19H,3-4H2,1-2H3,(H,30,33)(H,31,34)(H,35,36)/b25-18+,29-19-. The van der Waals surface area contributed by atoms with Crippen LogP contribution in [0.25, 0.3) is 6.08 Å². The van der Waals surface area contributed by atoms with Gasteiger partial charge in [-0.15, -0.1) is 0 Å². The van der Waals surface area contributed by atoms with Crippen molar-refractivity contribution in [1.82, 2.24) is 10.7 Å². The first-order chi connectivity index (χ1) is 17.4. The van der Waals surface area contributed by atoms with Crippen LogP contribution in [0.15, 0.2) is 89.7 Å². The smallest absolute Gasteiger partial charge is 0.335 e. The van der Waals surface area contributed by atoms with Crippen LogP contribution >= 0.6 is 0 Å². The highest BCUT2D eigenvalue weighted by atomic mass is 16.4. The topological polar surface area (TPSA) is 111 Å². The van der Waals surface area contributed by atoms with Crippen molar-refractivity contribution >= 4 is 35.8 Å². The van der Waals surface area contributed by atoms with E-state index in [4.69, 9.17) is 5.11 Å². The van der Waals surface area contributed by atoms with E-state index in [0.717, 1.165) is 24.3 Å². The molecule has 0 aliphatic carbocycles. The first-order valence-electron chi connectivity index (χ1n) is 11.5. The first kappa shape index (κ1) is 25.9. The zero-order valence-corrected chi connectivity index (χ0v) is 20.1. The van der Waals surface area contributed by atoms with Gasteiger partial charge in [0.25, 0.3) is 11.8 Å². The van der Waals surface area contributed by atoms with E-state index in [-0.39, 0.29) is 11.3 Å². The highest BCUT2D eigenvalue weighted by Crippen LogP contribution is 2.16. The van der Waals surface area contributed by atoms with E-state index in [9.17, 15) is 14.4 Å². The highest BCUT2D eigenvalue weighted by Gasteiger charge is 2.14. The number of benzene rings is 3. The predicted molar refractivity (Wildman–Crippen MR) is 141 cm³/mol. The first-order valence-corrected chi connectivity index (χ1v) is 11.5. The minimum Gasteiger partial charge on any atom is -0.478 e. The molecule has 3 N–H and O–H groups in total. The van der Waals surface area contributed by atoms with Crippen LogP contribution < -0.4 is 15.6 Å². The molecule has 36 heavy (non-hydrogen) atoms. The number of carbonyl (C=O) groups excluding carboxylic acids is 2. The third-order valence-corrected chi connectivity index (χ3v) is 5.40. The van der Waals surface area contributed by atoms with E-state index in [1.54, 1.807) is 48.5 Å². The molecule has 0 heterocycles. The van der Waals surface area contributed by atoms with E-state index in [1.807, 2.05) is 24.3 Å². The van der Waals surface area contributed by atoms with Crippen molar-refractivity contribution < 1.29 is 19.5 Å². The maximum atomic E-state index is 12.9. The molecule has 0 saturated carbocycles. The van der Waals surface area contributed by atoms with Crippen LogP contribution in [-0.4, -0.2) is 42.2 Å². The van der Waals surface area contributed by atoms with Gasteiger partial charge in [-0.1, -0.05) is 42.5 Å². The Hall–Kier alpha value is -4.72. The number of carboxylic acids is 1. The van der Waals surface area contributed by atoms with Gasteiger partial charge in [0, 0.05) is 24.3 Å². The summed E-state index contributed by atoms with van der Waals surface area (Å²) in [5, 5.41) is 15.6. The van der Waals surface area contributed by atoms with E-state index in [0.29, 0.717) is 11.1 Å². The quantitative estimate of drug-likeness (QED) is 0.227. The summed E-state index contributed by atoms with van der Waals surface area (Å²) < 4.78 is 0. The third-order valence-electron chi connectivity index (χ3n) is 5.40. The molecule has 0 radical (unpaired) electrons. The number of hydrogen-bond acceptors (Lipinski definition) is 5. The number of amides is 2. The van der Waals surface area contributed by atoms with Crippen LogP contribution in [0.4, 0.5) is 5.69 Å². The summed E-state index contributed by atoms with van der Waals surface area (Å²) in [5.74, 6) is -2.06. The van der Waals surface area contributed by atoms with Gasteiger partial charge in [-0.2, -0.15) is 5.10 Å². The number of rotatable bonds is 10. The molecule has 0 bridgehead atoms. The maximum Gasteiger partial charge on any atom is 0.335 e. The van der Waals surface area contributed by atoms with Gasteiger partial charge in [-0.3, -0.25) is 9.59 Å². The monoisotopic (exact) mass is 484 g/mol. The number of carbonyl (C=O) groups is 3. The highest BCUT2D eigenvalue weighted by molar-refractivity contribution is 6.05. The van der Waals surface area contributed by atoms with Crippen LogP contribution in [-0.2, 0) is 4.79 Å². The third kappa shape index (κ3) is 7.14. The lowest BCUT2D eigenvalue weighted by atomic mass is 10.1. The van der Waals surface area contributed by atoms with Gasteiger partial charge in [0.1, 0.15) is 5.70 Å². The number of hydrogen-bond donors (Lipinski definition) is 3. The van der Waals surface area contributed by atoms with Gasteiger partial charge in [-0.25, -0.2) is 10.2 Å². The Balaban J connectivity index is 1.80. The van der Waals surface area contributed by atoms with Crippen molar-refractivity contribution in [2.75, 3.05) is 18.0 Å². The summed E-state index contributed by atoms with van der Waals surface area (Å²) in [6, 6.07) is 22.3. The van der Waals surface area contributed by atoms with E-state index >= 15 is 0 Å². The lowest BCUT2D eigenvalue weighted by Gasteiger charge is -2.20. The molecule has 3 rings (SSSR count). The van der Waals surface area contributed by atoms with Gasteiger partial charge in [0.05, 0.1) is 11.8 Å². The van der Waals surface area contributed by atoms with Gasteiger partial charge in [0.2, 0.25) is 0 Å². The zero-order chi connectivity index (χ0) is 25.9. The summed E-state index contributed by atoms with van der Waals surface area (Å²) >= 11 is 0. The number of carboxylic acid groups (broad SMARTS) is 1. The zero-order valence-electron chi connectivity index (χ0n) is 20.1. The number of anilines is 1. The number of aromatic carboxylic acids is 1. The molecule has 8 nitrogen and oxygen atoms in total. The summed E-state index contributed by atoms with van der Waals surface area (Å²) in [6.45, 7) is 5.92. The van der Waals surface area contributed by atoms with Crippen LogP contribution in [0.2, 0.25) is 0 Å². The lowest BCUT2D eigenvalue weighted by molar-refractivity contribution is -0.117. The van der Waals surface area contributed by atoms with Crippen molar-refractivity contribution in [3.05, 3.63) is 107 Å². The molecule has 0 fully saturated rings. The van der Waals surface area contributed by atoms with Crippen molar-refractivity contribution in [2.24, 2.45) is 5.10 Å². The number of nitrogens with zero attached hydrogens (tertiary/aromatic N) is 2. The molecule has 0 unspecified atom stereocenters. The van der Waals surface area contributed by atoms with Crippen LogP contribution in [0.5, 0.6) is 0 Å². The molecule has 0 saturated heterocycles. The van der Waals surface area contributed by atoms with E-state index in [2.05, 4.69) is 34.6 Å². The second kappa shape index (κ2) is 12.7. The second-order valence-corrected chi connectivity index (χ2v) is 7.77. The normalized spacial score (nSPS) is 11.2. The molecule has 0 aliphatic rings. The maximum absolute atomic E-state index is 12.9. The molecule has 0 aliphatic heterocycles. The van der Waals surface area contributed by atoms with Crippen LogP contribution in [0, 0.1) is 0 Å². The van der Waals surface area contributed by atoms with Crippen molar-refractivity contribution in [3.63, 3.8) is 0 Å². The molecule has 3 aromatic rings. The molecule has 0 atom stereocenters. The fourth-order valence-corrected chi connectivity index (χ4v) is 3.42. The average molecular weight is 485 g/mol. The average Bonchev–Trinajstić information content (AvgIpc) is 2.90. The van der Waals surface area contributed by atoms with Gasteiger partial charge >= 0.3 is 5.97 Å². The van der Waals surface area contributed by atoms with E-state index in [1.165, 1.54) is 18.3 Å². The Labute approximate surface area is 210 Å². The van der Waals surface area contributed by atoms with Crippen LogP contribution in [0.1, 0.15) is 45.7 Å². The van der Waals surface area contributed by atoms with Gasteiger partial charge in [0.15, 0.2) is 0 Å². The fourth-order valence-electron chi connectivity index (χ4n) is 3.42. The summed E-state index contributed by atoms with van der Waals surface area (Å²) in [7, 11) is 0. The predicted octanol–water partition coefficient (Wildman–Crippen LogP) is 4.15. The van der Waals surface area contributed by atoms with Crippen molar-refractivity contribution in [1.29, 1.82) is 0 Å². The molecule has 0 spiro atoms. The Morgan fingerprint density at radius 2 is 1.44 bits per heavy atom. The lowest BCUT2D eigenvalue weighted by Crippen LogP contribution is -2.32. The minimum absolute atomic E-state index is 0.0258. The molecule has 184 valence electrons. The number of nitrogens with one attached hydrogen (secondary N) is 2. The molecular formula is C28H28N4O4. The largest absolute Gasteiger partial charge is 0.478 e. The van der Waals surface area contributed by atoms with Crippen LogP contribution in [0.3, 0.4) is 0 Å². The van der Waals surface area contributed by atoms with E-state index < -0.39 is 17.8 Å². The minimum atomic E-state index is -1.03. The molecular weight excluding hydrogens is 456 g/mol. The Bertz CT molecular complexity index is 1250. The molecule has 3 aromatic carbocycles. The Morgan fingerprint density at radius 1 is 0.833 bits per heavy atom. The summed E-state index contributed by atoms with van der Waals surface area (Å²) in [4.78, 5) is 38.8. The fraction of sp³-hybridized carbons (Fsp3) is 0.143. The van der Waals surface area contributed by atoms with Crippen molar-refractivity contribution in [2.45, 2.75) is 13.8 Å². The van der Waals surface area contributed by atoms with Gasteiger partial charge < -0.3 is 15.3 Å². The van der Waals surface area contributed by atoms with Gasteiger partial charge in [-0.05, 0) is 67.4 Å². The number of hydrazone groups is 1. The molecule has 8 heteroatoms. The summed E-state index contributed by atoms with van der Waals surface area (Å²) in [6.07, 6.45) is 2.97. The molecule has 0 aromatic heterocycles. The summed E-state index contributed by atoms with van der Waals surface area (Å²) in [5.41, 5.74) is 5.41. The second-order valence-electron chi connectivity index (χ2n) is 7.77. The Morgan fingerprint density at radius 3 is 2.03 bits per heavy atom. The molecule has 2 amide bonds. The Kier molecular flexibility index (Phi) is 9.11.